The van der Waals surface area contributed by atoms with Gasteiger partial charge >= 0.3 is 0 Å². The van der Waals surface area contributed by atoms with Gasteiger partial charge in [0.1, 0.15) is 17.6 Å². The summed E-state index contributed by atoms with van der Waals surface area (Å²) < 4.78 is 20.4. The van der Waals surface area contributed by atoms with Crippen molar-refractivity contribution in [2.75, 3.05) is 19.0 Å². The van der Waals surface area contributed by atoms with Crippen LogP contribution in [0.25, 0.3) is 5.70 Å². The number of aliphatic hydroxyl groups excluding tert-OH is 1. The number of aromatic nitrogens is 3. The number of aliphatic hydroxyl groups is 1. The van der Waals surface area contributed by atoms with E-state index in [1.807, 2.05) is 35.0 Å². The van der Waals surface area contributed by atoms with Gasteiger partial charge in [-0.05, 0) is 60.0 Å². The van der Waals surface area contributed by atoms with Crippen LogP contribution in [-0.4, -0.2) is 33.6 Å². The van der Waals surface area contributed by atoms with E-state index in [4.69, 9.17) is 9.84 Å². The number of anilines is 1. The van der Waals surface area contributed by atoms with Crippen LogP contribution >= 0.6 is 0 Å². The number of ether oxygens (including phenoxy) is 1. The van der Waals surface area contributed by atoms with Gasteiger partial charge < -0.3 is 15.2 Å². The van der Waals surface area contributed by atoms with Crippen molar-refractivity contribution in [1.29, 1.82) is 0 Å². The van der Waals surface area contributed by atoms with E-state index in [2.05, 4.69) is 15.4 Å². The van der Waals surface area contributed by atoms with E-state index in [1.165, 1.54) is 12.1 Å². The zero-order valence-corrected chi connectivity index (χ0v) is 15.5. The van der Waals surface area contributed by atoms with Crippen molar-refractivity contribution in [3.05, 3.63) is 77.4 Å². The lowest BCUT2D eigenvalue weighted by Gasteiger charge is -2.24. The van der Waals surface area contributed by atoms with Crippen LogP contribution in [-0.2, 0) is 6.42 Å². The van der Waals surface area contributed by atoms with Crippen molar-refractivity contribution in [2.24, 2.45) is 0 Å². The van der Waals surface area contributed by atoms with Gasteiger partial charge in [-0.3, -0.25) is 0 Å². The Labute approximate surface area is 162 Å². The Kier molecular flexibility index (Phi) is 5.08. The first-order valence-corrected chi connectivity index (χ1v) is 9.13. The number of halogens is 1. The number of nitrogens with one attached hydrogen (secondary N) is 1. The number of hydrogen-bond donors (Lipinski definition) is 2. The Bertz CT molecular complexity index is 981. The molecule has 0 amide bonds. The third kappa shape index (κ3) is 3.61. The molecule has 0 unspecified atom stereocenters. The second kappa shape index (κ2) is 7.82. The molecule has 0 radical (unpaired) electrons. The SMILES string of the molecule is COc1ccc([C@@H]2C=C(c3ccc(F)cc3)Nc3nc(CCCO)nn32)cc1. The van der Waals surface area contributed by atoms with Gasteiger partial charge in [-0.1, -0.05) is 12.1 Å². The lowest BCUT2D eigenvalue weighted by atomic mass is 10.0. The molecule has 3 aromatic rings. The van der Waals surface area contributed by atoms with E-state index in [1.54, 1.807) is 19.2 Å². The molecule has 2 aromatic carbocycles. The van der Waals surface area contributed by atoms with Gasteiger partial charge in [-0.15, -0.1) is 0 Å². The van der Waals surface area contributed by atoms with Gasteiger partial charge in [0, 0.05) is 18.7 Å². The van der Waals surface area contributed by atoms with Crippen LogP contribution in [0.1, 0.15) is 29.4 Å². The quantitative estimate of drug-likeness (QED) is 0.686. The largest absolute Gasteiger partial charge is 0.497 e. The number of hydrogen-bond acceptors (Lipinski definition) is 5. The molecule has 28 heavy (non-hydrogen) atoms. The van der Waals surface area contributed by atoms with Crippen molar-refractivity contribution in [2.45, 2.75) is 18.9 Å². The number of fused-ring (bicyclic) bond motifs is 1. The fraction of sp³-hybridized carbons (Fsp3) is 0.238. The Balaban J connectivity index is 1.75. The maximum Gasteiger partial charge on any atom is 0.226 e. The molecule has 1 aliphatic heterocycles. The minimum atomic E-state index is -0.277. The number of nitrogens with zero attached hydrogens (tertiary/aromatic N) is 3. The molecular formula is C21H21FN4O2. The maximum atomic E-state index is 13.3. The summed E-state index contributed by atoms with van der Waals surface area (Å²) in [6, 6.07) is 14.0. The molecule has 1 aromatic heterocycles. The first kappa shape index (κ1) is 18.2. The van der Waals surface area contributed by atoms with Crippen molar-refractivity contribution in [3.8, 4) is 5.75 Å². The van der Waals surface area contributed by atoms with E-state index in [0.29, 0.717) is 24.6 Å². The van der Waals surface area contributed by atoms with Gasteiger partial charge in [0.15, 0.2) is 5.82 Å². The summed E-state index contributed by atoms with van der Waals surface area (Å²) in [4.78, 5) is 4.58. The number of methoxy groups -OCH3 is 1. The van der Waals surface area contributed by atoms with Crippen LogP contribution in [0, 0.1) is 5.82 Å². The monoisotopic (exact) mass is 380 g/mol. The summed E-state index contributed by atoms with van der Waals surface area (Å²) in [7, 11) is 1.63. The third-order valence-corrected chi connectivity index (χ3v) is 4.68. The lowest BCUT2D eigenvalue weighted by molar-refractivity contribution is 0.287. The summed E-state index contributed by atoms with van der Waals surface area (Å²) in [5.41, 5.74) is 2.74. The third-order valence-electron chi connectivity index (χ3n) is 4.68. The number of allylic oxidation sites excluding steroid dienone is 1. The molecule has 0 saturated carbocycles. The molecule has 6 nitrogen and oxygen atoms in total. The Hall–Kier alpha value is -3.19. The predicted octanol–water partition coefficient (Wildman–Crippen LogP) is 3.41. The van der Waals surface area contributed by atoms with Crippen LogP contribution in [0.5, 0.6) is 5.75 Å². The van der Waals surface area contributed by atoms with E-state index >= 15 is 0 Å². The average molecular weight is 380 g/mol. The van der Waals surface area contributed by atoms with E-state index in [0.717, 1.165) is 22.6 Å². The highest BCUT2D eigenvalue weighted by Gasteiger charge is 2.25. The molecule has 0 bridgehead atoms. The van der Waals surface area contributed by atoms with Crippen molar-refractivity contribution in [1.82, 2.24) is 14.8 Å². The fourth-order valence-corrected chi connectivity index (χ4v) is 3.22. The van der Waals surface area contributed by atoms with E-state index in [9.17, 15) is 4.39 Å². The topological polar surface area (TPSA) is 72.2 Å². The Morgan fingerprint density at radius 3 is 2.57 bits per heavy atom. The van der Waals surface area contributed by atoms with Crippen LogP contribution < -0.4 is 10.1 Å². The zero-order chi connectivity index (χ0) is 19.5. The number of benzene rings is 2. The lowest BCUT2D eigenvalue weighted by Crippen LogP contribution is -2.20. The highest BCUT2D eigenvalue weighted by Crippen LogP contribution is 2.33. The van der Waals surface area contributed by atoms with Crippen LogP contribution in [0.3, 0.4) is 0 Å². The highest BCUT2D eigenvalue weighted by molar-refractivity contribution is 5.77. The summed E-state index contributed by atoms with van der Waals surface area (Å²) in [5.74, 6) is 1.79. The Morgan fingerprint density at radius 2 is 1.89 bits per heavy atom. The van der Waals surface area contributed by atoms with Gasteiger partial charge in [0.25, 0.3) is 0 Å². The molecule has 144 valence electrons. The first-order valence-electron chi connectivity index (χ1n) is 9.13. The van der Waals surface area contributed by atoms with Gasteiger partial charge in [0.05, 0.1) is 7.11 Å². The van der Waals surface area contributed by atoms with Gasteiger partial charge in [0.2, 0.25) is 5.95 Å². The summed E-state index contributed by atoms with van der Waals surface area (Å²) in [6.07, 6.45) is 3.25. The van der Waals surface area contributed by atoms with Crippen molar-refractivity contribution >= 4 is 11.6 Å². The molecule has 2 N–H and O–H groups in total. The number of aryl methyl sites for hydroxylation is 1. The predicted molar refractivity (Wildman–Crippen MR) is 105 cm³/mol. The zero-order valence-electron chi connectivity index (χ0n) is 15.5. The van der Waals surface area contributed by atoms with Gasteiger partial charge in [-0.25, -0.2) is 9.07 Å². The van der Waals surface area contributed by atoms with Crippen LogP contribution in [0.15, 0.2) is 54.6 Å². The highest BCUT2D eigenvalue weighted by atomic mass is 19.1. The summed E-state index contributed by atoms with van der Waals surface area (Å²) in [5, 5.41) is 17.0. The van der Waals surface area contributed by atoms with E-state index < -0.39 is 0 Å². The Morgan fingerprint density at radius 1 is 1.14 bits per heavy atom. The second-order valence-corrected chi connectivity index (χ2v) is 6.55. The summed E-state index contributed by atoms with van der Waals surface area (Å²) in [6.45, 7) is 0.0955. The first-order chi connectivity index (χ1) is 13.7. The van der Waals surface area contributed by atoms with Crippen molar-refractivity contribution in [3.63, 3.8) is 0 Å². The smallest absolute Gasteiger partial charge is 0.226 e. The van der Waals surface area contributed by atoms with Crippen molar-refractivity contribution < 1.29 is 14.2 Å². The molecule has 0 aliphatic carbocycles. The standard InChI is InChI=1S/C21H21FN4O2/c1-28-17-10-6-15(7-11-17)19-13-18(14-4-8-16(22)9-5-14)23-21-24-20(3-2-12-27)25-26(19)21/h4-11,13,19,27H,2-3,12H2,1H3,(H,23,24,25)/t19-/m0/s1. The second-order valence-electron chi connectivity index (χ2n) is 6.55. The minimum absolute atomic E-state index is 0.0955. The van der Waals surface area contributed by atoms with Crippen LogP contribution in [0.2, 0.25) is 0 Å². The molecule has 2 heterocycles. The maximum absolute atomic E-state index is 13.3. The normalized spacial score (nSPS) is 15.5. The van der Waals surface area contributed by atoms with E-state index in [-0.39, 0.29) is 18.5 Å². The molecule has 4 rings (SSSR count). The summed E-state index contributed by atoms with van der Waals surface area (Å²) >= 11 is 0. The molecule has 7 heteroatoms. The molecule has 1 atom stereocenters. The number of rotatable bonds is 6. The van der Waals surface area contributed by atoms with Gasteiger partial charge in [-0.2, -0.15) is 10.1 Å². The average Bonchev–Trinajstić information content (AvgIpc) is 3.15. The molecule has 1 aliphatic rings. The van der Waals surface area contributed by atoms with Crippen LogP contribution in [0.4, 0.5) is 10.3 Å². The molecule has 0 spiro atoms. The minimum Gasteiger partial charge on any atom is -0.497 e. The fourth-order valence-electron chi connectivity index (χ4n) is 3.22. The molecule has 0 saturated heterocycles. The molecule has 0 fully saturated rings. The molecular weight excluding hydrogens is 359 g/mol.